The molecule has 82 valence electrons. The fourth-order valence-corrected chi connectivity index (χ4v) is 1.40. The third-order valence-electron chi connectivity index (χ3n) is 2.21. The van der Waals surface area contributed by atoms with Crippen molar-refractivity contribution in [1.82, 2.24) is 15.0 Å². The zero-order valence-electron chi connectivity index (χ0n) is 8.45. The van der Waals surface area contributed by atoms with Gasteiger partial charge >= 0.3 is 5.97 Å². The van der Waals surface area contributed by atoms with Crippen molar-refractivity contribution in [2.75, 3.05) is 0 Å². The maximum absolute atomic E-state index is 10.8. The number of nitrogens with zero attached hydrogens (tertiary/aromatic N) is 3. The number of aromatic carboxylic acids is 1. The number of para-hydroxylation sites is 2. The van der Waals surface area contributed by atoms with Gasteiger partial charge in [-0.15, -0.1) is 5.10 Å². The van der Waals surface area contributed by atoms with Crippen LogP contribution < -0.4 is 0 Å². The molecule has 0 unspecified atom stereocenters. The third kappa shape index (κ3) is 1.50. The number of phenols is 1. The summed E-state index contributed by atoms with van der Waals surface area (Å²) in [5.74, 6) is -1.12. The number of carbonyl (C=O) groups is 1. The number of rotatable bonds is 2. The summed E-state index contributed by atoms with van der Waals surface area (Å²) in [6.07, 6.45) is 0. The number of hydrogen-bond acceptors (Lipinski definition) is 4. The van der Waals surface area contributed by atoms with Gasteiger partial charge in [0.1, 0.15) is 11.4 Å². The minimum absolute atomic E-state index is 0.0208. The average Bonchev–Trinajstić information content (AvgIpc) is 2.61. The molecule has 0 amide bonds. The summed E-state index contributed by atoms with van der Waals surface area (Å²) >= 11 is 0. The average molecular weight is 219 g/mol. The van der Waals surface area contributed by atoms with E-state index in [4.69, 9.17) is 5.11 Å². The van der Waals surface area contributed by atoms with E-state index >= 15 is 0 Å². The molecule has 1 heterocycles. The lowest BCUT2D eigenvalue weighted by Gasteiger charge is -2.04. The van der Waals surface area contributed by atoms with Gasteiger partial charge in [0.15, 0.2) is 5.69 Å². The van der Waals surface area contributed by atoms with Gasteiger partial charge in [-0.3, -0.25) is 0 Å². The number of aromatic hydroxyl groups is 1. The van der Waals surface area contributed by atoms with Gasteiger partial charge in [-0.2, -0.15) is 0 Å². The molecule has 6 heteroatoms. The van der Waals surface area contributed by atoms with Gasteiger partial charge in [-0.05, 0) is 19.1 Å². The van der Waals surface area contributed by atoms with Crippen LogP contribution in [0, 0.1) is 6.92 Å². The van der Waals surface area contributed by atoms with Gasteiger partial charge in [-0.25, -0.2) is 9.48 Å². The summed E-state index contributed by atoms with van der Waals surface area (Å²) in [4.78, 5) is 10.8. The Kier molecular flexibility index (Phi) is 2.32. The van der Waals surface area contributed by atoms with E-state index in [2.05, 4.69) is 10.3 Å². The van der Waals surface area contributed by atoms with Crippen LogP contribution in [0.5, 0.6) is 5.75 Å². The molecular formula is C10H9N3O3. The Balaban J connectivity index is 2.58. The van der Waals surface area contributed by atoms with Gasteiger partial charge in [0.25, 0.3) is 0 Å². The van der Waals surface area contributed by atoms with Crippen LogP contribution in [0.3, 0.4) is 0 Å². The monoisotopic (exact) mass is 219 g/mol. The predicted octanol–water partition coefficient (Wildman–Crippen LogP) is 0.980. The van der Waals surface area contributed by atoms with Crippen LogP contribution in [-0.4, -0.2) is 31.2 Å². The lowest BCUT2D eigenvalue weighted by molar-refractivity contribution is 0.0689. The molecule has 0 aliphatic carbocycles. The van der Waals surface area contributed by atoms with Gasteiger partial charge < -0.3 is 10.2 Å². The number of aromatic nitrogens is 3. The van der Waals surface area contributed by atoms with E-state index in [0.717, 1.165) is 0 Å². The largest absolute Gasteiger partial charge is 0.506 e. The van der Waals surface area contributed by atoms with Crippen LogP contribution in [0.2, 0.25) is 0 Å². The molecule has 2 aromatic rings. The first-order chi connectivity index (χ1) is 7.61. The molecular weight excluding hydrogens is 210 g/mol. The van der Waals surface area contributed by atoms with Crippen molar-refractivity contribution in [3.05, 3.63) is 35.7 Å². The maximum Gasteiger partial charge on any atom is 0.358 e. The smallest absolute Gasteiger partial charge is 0.358 e. The minimum Gasteiger partial charge on any atom is -0.506 e. The van der Waals surface area contributed by atoms with Crippen LogP contribution in [-0.2, 0) is 0 Å². The van der Waals surface area contributed by atoms with E-state index in [-0.39, 0.29) is 11.4 Å². The second-order valence-corrected chi connectivity index (χ2v) is 3.23. The Bertz CT molecular complexity index is 548. The van der Waals surface area contributed by atoms with Crippen LogP contribution in [0.1, 0.15) is 16.2 Å². The molecule has 0 aliphatic rings. The lowest BCUT2D eigenvalue weighted by Crippen LogP contribution is -2.02. The van der Waals surface area contributed by atoms with E-state index in [1.54, 1.807) is 25.1 Å². The van der Waals surface area contributed by atoms with E-state index in [1.807, 2.05) is 0 Å². The zero-order valence-corrected chi connectivity index (χ0v) is 8.45. The summed E-state index contributed by atoms with van der Waals surface area (Å²) in [7, 11) is 0. The fraction of sp³-hybridized carbons (Fsp3) is 0.100. The predicted molar refractivity (Wildman–Crippen MR) is 54.7 cm³/mol. The van der Waals surface area contributed by atoms with Crippen molar-refractivity contribution in [3.8, 4) is 11.4 Å². The Hall–Kier alpha value is -2.37. The molecule has 1 aromatic heterocycles. The fourth-order valence-electron chi connectivity index (χ4n) is 1.40. The Morgan fingerprint density at radius 1 is 1.38 bits per heavy atom. The van der Waals surface area contributed by atoms with Crippen molar-refractivity contribution in [2.45, 2.75) is 6.92 Å². The first-order valence-electron chi connectivity index (χ1n) is 4.55. The summed E-state index contributed by atoms with van der Waals surface area (Å²) in [6.45, 7) is 1.58. The molecule has 2 N–H and O–H groups in total. The SMILES string of the molecule is Cc1c(C(=O)O)nnn1-c1ccccc1O. The first-order valence-corrected chi connectivity index (χ1v) is 4.55. The van der Waals surface area contributed by atoms with Crippen molar-refractivity contribution >= 4 is 5.97 Å². The van der Waals surface area contributed by atoms with E-state index in [1.165, 1.54) is 10.7 Å². The molecule has 0 saturated heterocycles. The number of hydrogen-bond donors (Lipinski definition) is 2. The maximum atomic E-state index is 10.8. The van der Waals surface area contributed by atoms with Crippen molar-refractivity contribution in [2.24, 2.45) is 0 Å². The zero-order chi connectivity index (χ0) is 11.7. The number of carboxylic acids is 1. The van der Waals surface area contributed by atoms with Crippen molar-refractivity contribution in [3.63, 3.8) is 0 Å². The highest BCUT2D eigenvalue weighted by molar-refractivity contribution is 5.86. The molecule has 0 aliphatic heterocycles. The Morgan fingerprint density at radius 3 is 2.62 bits per heavy atom. The molecule has 2 rings (SSSR count). The summed E-state index contributed by atoms with van der Waals surface area (Å²) in [5.41, 5.74) is 0.650. The van der Waals surface area contributed by atoms with E-state index in [9.17, 15) is 9.90 Å². The number of phenolic OH excluding ortho intramolecular Hbond substituents is 1. The van der Waals surface area contributed by atoms with Crippen LogP contribution in [0.4, 0.5) is 0 Å². The molecule has 1 aromatic carbocycles. The summed E-state index contributed by atoms with van der Waals surface area (Å²) < 4.78 is 1.29. The highest BCUT2D eigenvalue weighted by Crippen LogP contribution is 2.21. The molecule has 0 saturated carbocycles. The van der Waals surface area contributed by atoms with Gasteiger partial charge in [-0.1, -0.05) is 17.3 Å². The molecule has 0 atom stereocenters. The van der Waals surface area contributed by atoms with Gasteiger partial charge in [0.2, 0.25) is 0 Å². The minimum atomic E-state index is -1.14. The van der Waals surface area contributed by atoms with Crippen molar-refractivity contribution < 1.29 is 15.0 Å². The second-order valence-electron chi connectivity index (χ2n) is 3.23. The Labute approximate surface area is 90.8 Å². The highest BCUT2D eigenvalue weighted by atomic mass is 16.4. The summed E-state index contributed by atoms with van der Waals surface area (Å²) in [6, 6.07) is 6.51. The lowest BCUT2D eigenvalue weighted by atomic mass is 10.2. The Morgan fingerprint density at radius 2 is 2.06 bits per heavy atom. The number of benzene rings is 1. The van der Waals surface area contributed by atoms with Crippen molar-refractivity contribution in [1.29, 1.82) is 0 Å². The van der Waals surface area contributed by atoms with Crippen LogP contribution >= 0.6 is 0 Å². The van der Waals surface area contributed by atoms with Crippen LogP contribution in [0.15, 0.2) is 24.3 Å². The molecule has 0 spiro atoms. The second kappa shape index (κ2) is 3.65. The van der Waals surface area contributed by atoms with Gasteiger partial charge in [0, 0.05) is 0 Å². The standard InChI is InChI=1S/C10H9N3O3/c1-6-9(10(15)16)11-12-13(6)7-4-2-3-5-8(7)14/h2-5,14H,1H3,(H,15,16). The molecule has 0 radical (unpaired) electrons. The molecule has 0 fully saturated rings. The topological polar surface area (TPSA) is 88.2 Å². The molecule has 16 heavy (non-hydrogen) atoms. The molecule has 0 bridgehead atoms. The third-order valence-corrected chi connectivity index (χ3v) is 2.21. The van der Waals surface area contributed by atoms with Crippen LogP contribution in [0.25, 0.3) is 5.69 Å². The van der Waals surface area contributed by atoms with E-state index in [0.29, 0.717) is 11.4 Å². The quantitative estimate of drug-likeness (QED) is 0.785. The van der Waals surface area contributed by atoms with Gasteiger partial charge in [0.05, 0.1) is 5.69 Å². The number of carboxylic acid groups (broad SMARTS) is 1. The first kappa shape index (κ1) is 10.2. The normalized spacial score (nSPS) is 10.3. The summed E-state index contributed by atoms with van der Waals surface area (Å²) in [5, 5.41) is 25.6. The van der Waals surface area contributed by atoms with E-state index < -0.39 is 5.97 Å². The molecule has 6 nitrogen and oxygen atoms in total. The highest BCUT2D eigenvalue weighted by Gasteiger charge is 2.17.